The molecule has 28 heavy (non-hydrogen) atoms. The van der Waals surface area contributed by atoms with Crippen LogP contribution >= 0.6 is 0 Å². The van der Waals surface area contributed by atoms with Crippen LogP contribution < -0.4 is 4.74 Å². The maximum Gasteiger partial charge on any atom is 0.233 e. The van der Waals surface area contributed by atoms with Crippen molar-refractivity contribution in [3.63, 3.8) is 0 Å². The molecular formula is C21H26N4O3. The summed E-state index contributed by atoms with van der Waals surface area (Å²) in [5.41, 5.74) is 3.86. The molecule has 0 bridgehead atoms. The molecule has 2 unspecified atom stereocenters. The van der Waals surface area contributed by atoms with Gasteiger partial charge in [-0.3, -0.25) is 14.9 Å². The van der Waals surface area contributed by atoms with E-state index in [1.807, 2.05) is 6.20 Å². The maximum atomic E-state index is 6.05. The van der Waals surface area contributed by atoms with Gasteiger partial charge in [0.25, 0.3) is 0 Å². The summed E-state index contributed by atoms with van der Waals surface area (Å²) < 4.78 is 18.0. The molecule has 7 heteroatoms. The van der Waals surface area contributed by atoms with Crippen molar-refractivity contribution in [3.05, 3.63) is 35.8 Å². The van der Waals surface area contributed by atoms with Gasteiger partial charge in [-0.2, -0.15) is 0 Å². The van der Waals surface area contributed by atoms with Gasteiger partial charge in [0, 0.05) is 38.1 Å². The van der Waals surface area contributed by atoms with Gasteiger partial charge in [0.05, 0.1) is 30.3 Å². The van der Waals surface area contributed by atoms with E-state index in [-0.39, 0.29) is 18.3 Å². The van der Waals surface area contributed by atoms with Crippen LogP contribution in [0.15, 0.2) is 24.7 Å². The number of nitrogens with zero attached hydrogens (tertiary/aromatic N) is 4. The summed E-state index contributed by atoms with van der Waals surface area (Å²) in [5.74, 6) is 0.554. The fourth-order valence-corrected chi connectivity index (χ4v) is 4.35. The molecule has 0 aliphatic carbocycles. The average molecular weight is 382 g/mol. The predicted molar refractivity (Wildman–Crippen MR) is 103 cm³/mol. The Labute approximate surface area is 165 Å². The molecular weight excluding hydrogens is 356 g/mol. The molecule has 0 saturated carbocycles. The fraction of sp³-hybridized carbons (Fsp3) is 0.571. The number of hydrogen-bond donors (Lipinski definition) is 0. The molecule has 3 fully saturated rings. The van der Waals surface area contributed by atoms with Crippen LogP contribution in [-0.2, 0) is 9.47 Å². The van der Waals surface area contributed by atoms with Gasteiger partial charge < -0.3 is 14.2 Å². The molecule has 0 aromatic carbocycles. The molecule has 0 N–H and O–H groups in total. The summed E-state index contributed by atoms with van der Waals surface area (Å²) in [7, 11) is 2.08. The number of pyridine rings is 1. The van der Waals surface area contributed by atoms with E-state index in [0.717, 1.165) is 68.9 Å². The normalized spacial score (nSPS) is 25.8. The number of ether oxygens (including phenoxy) is 3. The van der Waals surface area contributed by atoms with Crippen LogP contribution in [0.2, 0.25) is 0 Å². The molecule has 5 rings (SSSR count). The van der Waals surface area contributed by atoms with Gasteiger partial charge in [0.1, 0.15) is 11.8 Å². The van der Waals surface area contributed by atoms with E-state index in [2.05, 4.69) is 23.0 Å². The van der Waals surface area contributed by atoms with Crippen LogP contribution in [0.25, 0.3) is 11.4 Å². The van der Waals surface area contributed by atoms with Gasteiger partial charge in [-0.15, -0.1) is 0 Å². The van der Waals surface area contributed by atoms with Gasteiger partial charge >= 0.3 is 0 Å². The Morgan fingerprint density at radius 1 is 1.07 bits per heavy atom. The summed E-state index contributed by atoms with van der Waals surface area (Å²) in [5, 5.41) is 0. The number of rotatable bonds is 5. The second-order valence-electron chi connectivity index (χ2n) is 7.87. The first-order valence-corrected chi connectivity index (χ1v) is 10.2. The Bertz CT molecular complexity index is 828. The van der Waals surface area contributed by atoms with Gasteiger partial charge in [0.15, 0.2) is 0 Å². The second-order valence-corrected chi connectivity index (χ2v) is 7.87. The first-order chi connectivity index (χ1) is 13.8. The lowest BCUT2D eigenvalue weighted by Gasteiger charge is -2.35. The van der Waals surface area contributed by atoms with Crippen molar-refractivity contribution in [2.45, 2.75) is 44.0 Å². The largest absolute Gasteiger partial charge is 0.471 e. The summed E-state index contributed by atoms with van der Waals surface area (Å²) in [6.45, 7) is 3.43. The predicted octanol–water partition coefficient (Wildman–Crippen LogP) is 2.93. The highest BCUT2D eigenvalue weighted by Gasteiger charge is 2.31. The molecule has 148 valence electrons. The average Bonchev–Trinajstić information content (AvgIpc) is 3.40. The highest BCUT2D eigenvalue weighted by Crippen LogP contribution is 2.41. The minimum absolute atomic E-state index is 0.0366. The monoisotopic (exact) mass is 382 g/mol. The van der Waals surface area contributed by atoms with Gasteiger partial charge in [-0.1, -0.05) is 0 Å². The van der Waals surface area contributed by atoms with E-state index in [1.54, 1.807) is 12.4 Å². The van der Waals surface area contributed by atoms with Crippen molar-refractivity contribution in [1.29, 1.82) is 0 Å². The van der Waals surface area contributed by atoms with Crippen LogP contribution in [-0.4, -0.2) is 59.3 Å². The topological polar surface area (TPSA) is 69.6 Å². The Hall–Kier alpha value is -2.09. The van der Waals surface area contributed by atoms with Crippen LogP contribution in [0.5, 0.6) is 5.88 Å². The van der Waals surface area contributed by atoms with Crippen molar-refractivity contribution >= 4 is 0 Å². The van der Waals surface area contributed by atoms with E-state index in [1.165, 1.54) is 5.56 Å². The number of likely N-dealkylation sites (N-methyl/N-ethyl adjacent to an activating group) is 1. The quantitative estimate of drug-likeness (QED) is 0.787. The Kier molecular flexibility index (Phi) is 4.96. The molecule has 0 radical (unpaired) electrons. The van der Waals surface area contributed by atoms with Gasteiger partial charge in [-0.25, -0.2) is 4.98 Å². The zero-order valence-corrected chi connectivity index (χ0v) is 16.2. The minimum atomic E-state index is 0.0366. The van der Waals surface area contributed by atoms with Crippen molar-refractivity contribution in [3.8, 4) is 17.3 Å². The summed E-state index contributed by atoms with van der Waals surface area (Å²) >= 11 is 0. The lowest BCUT2D eigenvalue weighted by Crippen LogP contribution is -2.51. The minimum Gasteiger partial charge on any atom is -0.471 e. The van der Waals surface area contributed by atoms with E-state index in [9.17, 15) is 0 Å². The molecule has 3 saturated heterocycles. The van der Waals surface area contributed by atoms with Crippen molar-refractivity contribution in [2.24, 2.45) is 0 Å². The molecule has 0 spiro atoms. The third-order valence-electron chi connectivity index (χ3n) is 5.73. The maximum absolute atomic E-state index is 6.05. The molecule has 3 aliphatic rings. The lowest BCUT2D eigenvalue weighted by atomic mass is 9.93. The summed E-state index contributed by atoms with van der Waals surface area (Å²) in [6.07, 6.45) is 9.80. The van der Waals surface area contributed by atoms with Gasteiger partial charge in [-0.05, 0) is 44.4 Å². The first-order valence-electron chi connectivity index (χ1n) is 10.2. The number of aromatic nitrogens is 3. The Morgan fingerprint density at radius 2 is 1.86 bits per heavy atom. The fourth-order valence-electron chi connectivity index (χ4n) is 4.35. The molecule has 7 nitrogen and oxygen atoms in total. The van der Waals surface area contributed by atoms with E-state index in [4.69, 9.17) is 24.2 Å². The smallest absolute Gasteiger partial charge is 0.233 e. The zero-order valence-electron chi connectivity index (χ0n) is 16.2. The Balaban J connectivity index is 1.51. The number of likely N-dealkylation sites (tertiary alicyclic amines) is 1. The lowest BCUT2D eigenvalue weighted by molar-refractivity contribution is 0.0353. The highest BCUT2D eigenvalue weighted by molar-refractivity contribution is 5.61. The standard InChI is InChI=1S/C21H26N4O3/c1-25-12-14(13-25)28-19-11-22-10-16(24-19)21-20(18-5-3-9-27-18)15(6-7-23-21)17-4-2-8-26-17/h6-7,10-11,14,17-18H,2-5,8-9,12-13H2,1H3. The molecule has 3 aliphatic heterocycles. The SMILES string of the molecule is CN1CC(Oc2cncc(-c3nccc(C4CCCO4)c3C3CCCO3)n2)C1. The first kappa shape index (κ1) is 18.0. The van der Waals surface area contributed by atoms with Crippen molar-refractivity contribution in [1.82, 2.24) is 19.9 Å². The van der Waals surface area contributed by atoms with E-state index < -0.39 is 0 Å². The Morgan fingerprint density at radius 3 is 2.57 bits per heavy atom. The van der Waals surface area contributed by atoms with E-state index >= 15 is 0 Å². The molecule has 0 amide bonds. The summed E-state index contributed by atoms with van der Waals surface area (Å²) in [6, 6.07) is 2.08. The van der Waals surface area contributed by atoms with Gasteiger partial charge in [0.2, 0.25) is 5.88 Å². The summed E-state index contributed by atoms with van der Waals surface area (Å²) in [4.78, 5) is 16.0. The van der Waals surface area contributed by atoms with Crippen molar-refractivity contribution in [2.75, 3.05) is 33.4 Å². The second kappa shape index (κ2) is 7.73. The highest BCUT2D eigenvalue weighted by atomic mass is 16.5. The third-order valence-corrected chi connectivity index (χ3v) is 5.73. The molecule has 5 heterocycles. The van der Waals surface area contributed by atoms with Crippen LogP contribution in [0.4, 0.5) is 0 Å². The zero-order chi connectivity index (χ0) is 18.9. The molecule has 2 aromatic heterocycles. The van der Waals surface area contributed by atoms with E-state index in [0.29, 0.717) is 5.88 Å². The number of hydrogen-bond acceptors (Lipinski definition) is 7. The van der Waals surface area contributed by atoms with Crippen LogP contribution in [0.1, 0.15) is 49.0 Å². The third kappa shape index (κ3) is 3.50. The molecule has 2 aromatic rings. The van der Waals surface area contributed by atoms with Crippen LogP contribution in [0, 0.1) is 0 Å². The van der Waals surface area contributed by atoms with Crippen LogP contribution in [0.3, 0.4) is 0 Å². The molecule has 2 atom stereocenters. The van der Waals surface area contributed by atoms with Crippen molar-refractivity contribution < 1.29 is 14.2 Å².